The highest BCUT2D eigenvalue weighted by molar-refractivity contribution is 5.59. The van der Waals surface area contributed by atoms with E-state index in [1.165, 1.54) is 31.4 Å². The number of rotatable bonds is 4. The predicted molar refractivity (Wildman–Crippen MR) is 92.0 cm³/mol. The number of anilines is 3. The van der Waals surface area contributed by atoms with Crippen molar-refractivity contribution in [2.45, 2.75) is 51.2 Å². The summed E-state index contributed by atoms with van der Waals surface area (Å²) in [5.41, 5.74) is -0.119. The van der Waals surface area contributed by atoms with Gasteiger partial charge in [-0.1, -0.05) is 19.3 Å². The standard InChI is InChI=1S/C18H21F3N4/c1-12-22-16(24-14-5-3-2-4-6-14)11-17(23-12)25-15-9-7-13(8-10-15)18(19,20)21/h7-11,14H,2-6H2,1H3,(H2,22,23,24,25). The SMILES string of the molecule is Cc1nc(Nc2ccc(C(F)(F)F)cc2)cc(NC2CCCCC2)n1. The zero-order chi connectivity index (χ0) is 17.9. The van der Waals surface area contributed by atoms with Crippen LogP contribution in [0, 0.1) is 6.92 Å². The van der Waals surface area contributed by atoms with E-state index < -0.39 is 11.7 Å². The van der Waals surface area contributed by atoms with Crippen LogP contribution in [0.25, 0.3) is 0 Å². The normalized spacial score (nSPS) is 15.8. The molecule has 0 unspecified atom stereocenters. The number of alkyl halides is 3. The topological polar surface area (TPSA) is 49.8 Å². The third-order valence-electron chi connectivity index (χ3n) is 4.28. The minimum absolute atomic E-state index is 0.418. The highest BCUT2D eigenvalue weighted by Gasteiger charge is 2.29. The summed E-state index contributed by atoms with van der Waals surface area (Å²) in [6, 6.07) is 7.11. The predicted octanol–water partition coefficient (Wildman–Crippen LogP) is 5.29. The van der Waals surface area contributed by atoms with Gasteiger partial charge in [0.2, 0.25) is 0 Å². The second-order valence-electron chi connectivity index (χ2n) is 6.37. The minimum Gasteiger partial charge on any atom is -0.367 e. The molecule has 25 heavy (non-hydrogen) atoms. The molecule has 0 saturated heterocycles. The molecular weight excluding hydrogens is 329 g/mol. The van der Waals surface area contributed by atoms with Gasteiger partial charge >= 0.3 is 6.18 Å². The van der Waals surface area contributed by atoms with Gasteiger partial charge in [-0.2, -0.15) is 13.2 Å². The van der Waals surface area contributed by atoms with Crippen LogP contribution in [-0.4, -0.2) is 16.0 Å². The summed E-state index contributed by atoms with van der Waals surface area (Å²) in [6.45, 7) is 1.80. The van der Waals surface area contributed by atoms with Crippen molar-refractivity contribution in [2.75, 3.05) is 10.6 Å². The van der Waals surface area contributed by atoms with Gasteiger partial charge in [0.15, 0.2) is 0 Å². The van der Waals surface area contributed by atoms with Gasteiger partial charge in [0.1, 0.15) is 17.5 Å². The highest BCUT2D eigenvalue weighted by Crippen LogP contribution is 2.30. The number of hydrogen-bond donors (Lipinski definition) is 2. The summed E-state index contributed by atoms with van der Waals surface area (Å²) in [6.07, 6.45) is 1.65. The molecule has 0 radical (unpaired) electrons. The second-order valence-corrected chi connectivity index (χ2v) is 6.37. The van der Waals surface area contributed by atoms with E-state index in [-0.39, 0.29) is 0 Å². The van der Waals surface area contributed by atoms with Crippen molar-refractivity contribution in [1.29, 1.82) is 0 Å². The first-order chi connectivity index (χ1) is 11.9. The van der Waals surface area contributed by atoms with Crippen LogP contribution in [0.4, 0.5) is 30.5 Å². The highest BCUT2D eigenvalue weighted by atomic mass is 19.4. The van der Waals surface area contributed by atoms with Gasteiger partial charge in [0, 0.05) is 17.8 Å². The van der Waals surface area contributed by atoms with Crippen molar-refractivity contribution in [3.63, 3.8) is 0 Å². The molecule has 1 saturated carbocycles. The van der Waals surface area contributed by atoms with Gasteiger partial charge in [-0.15, -0.1) is 0 Å². The summed E-state index contributed by atoms with van der Waals surface area (Å²) in [5.74, 6) is 1.91. The Bertz CT molecular complexity index is 707. The van der Waals surface area contributed by atoms with E-state index in [4.69, 9.17) is 0 Å². The lowest BCUT2D eigenvalue weighted by atomic mass is 9.95. The Morgan fingerprint density at radius 3 is 2.24 bits per heavy atom. The maximum Gasteiger partial charge on any atom is 0.416 e. The van der Waals surface area contributed by atoms with E-state index in [1.807, 2.05) is 0 Å². The summed E-state index contributed by atoms with van der Waals surface area (Å²) in [7, 11) is 0. The molecule has 1 heterocycles. The second kappa shape index (κ2) is 7.29. The number of aromatic nitrogens is 2. The van der Waals surface area contributed by atoms with Crippen LogP contribution in [0.15, 0.2) is 30.3 Å². The number of nitrogens with zero attached hydrogens (tertiary/aromatic N) is 2. The third kappa shape index (κ3) is 4.84. The van der Waals surface area contributed by atoms with Gasteiger partial charge in [-0.3, -0.25) is 0 Å². The lowest BCUT2D eigenvalue weighted by Crippen LogP contribution is -2.23. The van der Waals surface area contributed by atoms with E-state index >= 15 is 0 Å². The average Bonchev–Trinajstić information content (AvgIpc) is 2.55. The van der Waals surface area contributed by atoms with Crippen LogP contribution in [0.1, 0.15) is 43.5 Å². The van der Waals surface area contributed by atoms with Gasteiger partial charge < -0.3 is 10.6 Å². The van der Waals surface area contributed by atoms with Crippen LogP contribution in [0.2, 0.25) is 0 Å². The van der Waals surface area contributed by atoms with Crippen LogP contribution >= 0.6 is 0 Å². The molecule has 0 aliphatic heterocycles. The van der Waals surface area contributed by atoms with Crippen LogP contribution < -0.4 is 10.6 Å². The first-order valence-electron chi connectivity index (χ1n) is 8.47. The lowest BCUT2D eigenvalue weighted by molar-refractivity contribution is -0.137. The maximum absolute atomic E-state index is 12.6. The first kappa shape index (κ1) is 17.5. The summed E-state index contributed by atoms with van der Waals surface area (Å²) in [4.78, 5) is 8.71. The van der Waals surface area contributed by atoms with E-state index in [0.29, 0.717) is 23.4 Å². The van der Waals surface area contributed by atoms with Crippen molar-refractivity contribution in [3.05, 3.63) is 41.7 Å². The van der Waals surface area contributed by atoms with Crippen molar-refractivity contribution >= 4 is 17.3 Å². The van der Waals surface area contributed by atoms with Crippen molar-refractivity contribution < 1.29 is 13.2 Å². The number of halogens is 3. The smallest absolute Gasteiger partial charge is 0.367 e. The fourth-order valence-corrected chi connectivity index (χ4v) is 3.05. The number of aryl methyl sites for hydroxylation is 1. The average molecular weight is 350 g/mol. The Morgan fingerprint density at radius 2 is 1.60 bits per heavy atom. The van der Waals surface area contributed by atoms with E-state index in [2.05, 4.69) is 20.6 Å². The van der Waals surface area contributed by atoms with Crippen LogP contribution in [0.3, 0.4) is 0 Å². The number of nitrogens with one attached hydrogen (secondary N) is 2. The maximum atomic E-state index is 12.6. The fourth-order valence-electron chi connectivity index (χ4n) is 3.05. The molecule has 2 N–H and O–H groups in total. The Morgan fingerprint density at radius 1 is 0.960 bits per heavy atom. The molecule has 1 fully saturated rings. The zero-order valence-electron chi connectivity index (χ0n) is 14.0. The Balaban J connectivity index is 1.71. The first-order valence-corrected chi connectivity index (χ1v) is 8.47. The Kier molecular flexibility index (Phi) is 5.11. The fraction of sp³-hybridized carbons (Fsp3) is 0.444. The van der Waals surface area contributed by atoms with E-state index in [9.17, 15) is 13.2 Å². The van der Waals surface area contributed by atoms with Crippen LogP contribution in [-0.2, 0) is 6.18 Å². The largest absolute Gasteiger partial charge is 0.416 e. The Hall–Kier alpha value is -2.31. The molecule has 1 aromatic carbocycles. The molecule has 3 rings (SSSR count). The summed E-state index contributed by atoms with van der Waals surface area (Å²) < 4.78 is 37.9. The van der Waals surface area contributed by atoms with Crippen molar-refractivity contribution in [3.8, 4) is 0 Å². The van der Waals surface area contributed by atoms with Gasteiger partial charge in [-0.25, -0.2) is 9.97 Å². The van der Waals surface area contributed by atoms with E-state index in [1.54, 1.807) is 13.0 Å². The quantitative estimate of drug-likeness (QED) is 0.786. The van der Waals surface area contributed by atoms with Crippen molar-refractivity contribution in [2.24, 2.45) is 0 Å². The third-order valence-corrected chi connectivity index (χ3v) is 4.28. The zero-order valence-corrected chi connectivity index (χ0v) is 14.0. The van der Waals surface area contributed by atoms with Crippen molar-refractivity contribution in [1.82, 2.24) is 9.97 Å². The van der Waals surface area contributed by atoms with Crippen LogP contribution in [0.5, 0.6) is 0 Å². The molecular formula is C18H21F3N4. The molecule has 0 bridgehead atoms. The molecule has 4 nitrogen and oxygen atoms in total. The number of hydrogen-bond acceptors (Lipinski definition) is 4. The molecule has 1 aliphatic rings. The molecule has 2 aromatic rings. The lowest BCUT2D eigenvalue weighted by Gasteiger charge is -2.23. The molecule has 0 spiro atoms. The summed E-state index contributed by atoms with van der Waals surface area (Å²) in [5, 5.41) is 6.48. The van der Waals surface area contributed by atoms with Gasteiger partial charge in [0.25, 0.3) is 0 Å². The molecule has 134 valence electrons. The van der Waals surface area contributed by atoms with Gasteiger partial charge in [0.05, 0.1) is 5.56 Å². The Labute approximate surface area is 144 Å². The minimum atomic E-state index is -4.33. The molecule has 0 atom stereocenters. The number of benzene rings is 1. The molecule has 1 aromatic heterocycles. The molecule has 7 heteroatoms. The van der Waals surface area contributed by atoms with Gasteiger partial charge in [-0.05, 0) is 44.0 Å². The monoisotopic (exact) mass is 350 g/mol. The summed E-state index contributed by atoms with van der Waals surface area (Å²) >= 11 is 0. The molecule has 0 amide bonds. The van der Waals surface area contributed by atoms with E-state index in [0.717, 1.165) is 30.8 Å². The molecule has 1 aliphatic carbocycles.